The van der Waals surface area contributed by atoms with E-state index in [1.54, 1.807) is 26.0 Å². The van der Waals surface area contributed by atoms with E-state index in [0.29, 0.717) is 18.7 Å². The zero-order valence-corrected chi connectivity index (χ0v) is 17.1. The summed E-state index contributed by atoms with van der Waals surface area (Å²) in [5.41, 5.74) is -0.0702. The maximum Gasteiger partial charge on any atom is 0.233 e. The third-order valence-corrected chi connectivity index (χ3v) is 6.20. The number of pyridine rings is 1. The molecule has 0 N–H and O–H groups in total. The second kappa shape index (κ2) is 6.59. The molecule has 1 aliphatic heterocycles. The Labute approximate surface area is 166 Å². The number of hydrogen-bond acceptors (Lipinski definition) is 3. The molecule has 0 bridgehead atoms. The van der Waals surface area contributed by atoms with E-state index >= 15 is 0 Å². The van der Waals surface area contributed by atoms with Crippen molar-refractivity contribution in [1.29, 1.82) is 0 Å². The van der Waals surface area contributed by atoms with E-state index in [1.165, 1.54) is 6.20 Å². The van der Waals surface area contributed by atoms with Crippen molar-refractivity contribution in [2.45, 2.75) is 50.7 Å². The van der Waals surface area contributed by atoms with Crippen molar-refractivity contribution in [2.24, 2.45) is 0 Å². The molecule has 2 heterocycles. The van der Waals surface area contributed by atoms with E-state index in [1.807, 2.05) is 23.1 Å². The summed E-state index contributed by atoms with van der Waals surface area (Å²) in [6, 6.07) is 9.21. The molecule has 0 unspecified atom stereocenters. The number of hydrogen-bond donors (Lipinski definition) is 0. The van der Waals surface area contributed by atoms with Crippen molar-refractivity contribution < 1.29 is 13.9 Å². The highest BCUT2D eigenvalue weighted by Gasteiger charge is 2.46. The molecule has 0 atom stereocenters. The van der Waals surface area contributed by atoms with E-state index in [-0.39, 0.29) is 11.5 Å². The number of nitrogens with zero attached hydrogens (tertiary/aromatic N) is 2. The van der Waals surface area contributed by atoms with Gasteiger partial charge in [-0.15, -0.1) is 0 Å². The van der Waals surface area contributed by atoms with Crippen LogP contribution in [0.15, 0.2) is 41.0 Å². The molecule has 0 radical (unpaired) electrons. The quantitative estimate of drug-likeness (QED) is 0.650. The smallest absolute Gasteiger partial charge is 0.233 e. The molecule has 1 spiro atoms. The van der Waals surface area contributed by atoms with Gasteiger partial charge in [0.15, 0.2) is 0 Å². The van der Waals surface area contributed by atoms with E-state index in [9.17, 15) is 9.18 Å². The predicted octanol–water partition coefficient (Wildman–Crippen LogP) is 4.60. The van der Waals surface area contributed by atoms with Gasteiger partial charge >= 0.3 is 0 Å². The van der Waals surface area contributed by atoms with Gasteiger partial charge in [0, 0.05) is 28.3 Å². The fraction of sp³-hybridized carbons (Fsp3) is 0.429. The third kappa shape index (κ3) is 3.24. The standard InChI is InChI=1S/C21H22BrFN2O2/c1-20(2,16-5-3-10-24-18(16)23)19(26)25-12-14-11-15(22)6-7-17(14)27-21(13-25)8-4-9-21/h3,5-7,10-11H,4,8-9,12-13H2,1-2H3. The molecule has 4 rings (SSSR count). The average molecular weight is 433 g/mol. The first-order valence-electron chi connectivity index (χ1n) is 9.19. The van der Waals surface area contributed by atoms with Gasteiger partial charge in [0.2, 0.25) is 11.9 Å². The minimum absolute atomic E-state index is 0.114. The van der Waals surface area contributed by atoms with Gasteiger partial charge in [-0.05, 0) is 57.4 Å². The Hall–Kier alpha value is -1.95. The lowest BCUT2D eigenvalue weighted by Crippen LogP contribution is -2.54. The maximum absolute atomic E-state index is 14.3. The molecule has 2 aromatic rings. The Morgan fingerprint density at radius 1 is 1.33 bits per heavy atom. The number of carbonyl (C=O) groups is 1. The molecule has 4 nitrogen and oxygen atoms in total. The number of aromatic nitrogens is 1. The fourth-order valence-corrected chi connectivity index (χ4v) is 4.39. The number of ether oxygens (including phenoxy) is 1. The number of carbonyl (C=O) groups excluding carboxylic acids is 1. The molecule has 6 heteroatoms. The summed E-state index contributed by atoms with van der Waals surface area (Å²) in [5.74, 6) is 0.124. The molecule has 1 aromatic carbocycles. The molecule has 1 saturated carbocycles. The van der Waals surface area contributed by atoms with Crippen LogP contribution in [0.1, 0.15) is 44.2 Å². The Kier molecular flexibility index (Phi) is 4.49. The number of benzene rings is 1. The van der Waals surface area contributed by atoms with Crippen LogP contribution in [0.5, 0.6) is 5.75 Å². The van der Waals surface area contributed by atoms with Crippen molar-refractivity contribution >= 4 is 21.8 Å². The van der Waals surface area contributed by atoms with E-state index < -0.39 is 11.4 Å². The van der Waals surface area contributed by atoms with Crippen LogP contribution in [0, 0.1) is 5.95 Å². The third-order valence-electron chi connectivity index (χ3n) is 5.71. The molecule has 1 amide bonds. The molecular weight excluding hydrogens is 411 g/mol. The van der Waals surface area contributed by atoms with Crippen LogP contribution in [0.25, 0.3) is 0 Å². The first-order chi connectivity index (χ1) is 12.8. The lowest BCUT2D eigenvalue weighted by Gasteiger charge is -2.44. The molecular formula is C21H22BrFN2O2. The second-order valence-corrected chi connectivity index (χ2v) is 8.93. The lowest BCUT2D eigenvalue weighted by molar-refractivity contribution is -0.141. The Bertz CT molecular complexity index is 896. The van der Waals surface area contributed by atoms with Crippen molar-refractivity contribution in [3.05, 3.63) is 58.1 Å². The molecule has 27 heavy (non-hydrogen) atoms. The van der Waals surface area contributed by atoms with E-state index in [4.69, 9.17) is 4.74 Å². The summed E-state index contributed by atoms with van der Waals surface area (Å²) in [6.45, 7) is 4.48. The Balaban J connectivity index is 1.71. The monoisotopic (exact) mass is 432 g/mol. The molecule has 2 aliphatic rings. The molecule has 1 aromatic heterocycles. The minimum Gasteiger partial charge on any atom is -0.485 e. The van der Waals surface area contributed by atoms with Gasteiger partial charge in [-0.25, -0.2) is 4.98 Å². The van der Waals surface area contributed by atoms with E-state index in [2.05, 4.69) is 20.9 Å². The van der Waals surface area contributed by atoms with Crippen molar-refractivity contribution in [3.8, 4) is 5.75 Å². The summed E-state index contributed by atoms with van der Waals surface area (Å²) in [6.07, 6.45) is 4.34. The number of rotatable bonds is 2. The Morgan fingerprint density at radius 3 is 2.78 bits per heavy atom. The van der Waals surface area contributed by atoms with Gasteiger partial charge in [0.1, 0.15) is 11.4 Å². The van der Waals surface area contributed by atoms with Crippen LogP contribution >= 0.6 is 15.9 Å². The maximum atomic E-state index is 14.3. The predicted molar refractivity (Wildman–Crippen MR) is 104 cm³/mol. The van der Waals surface area contributed by atoms with Gasteiger partial charge in [0.05, 0.1) is 12.0 Å². The highest BCUT2D eigenvalue weighted by Crippen LogP contribution is 2.42. The number of halogens is 2. The van der Waals surface area contributed by atoms with Gasteiger partial charge in [-0.2, -0.15) is 4.39 Å². The van der Waals surface area contributed by atoms with Crippen LogP contribution in [-0.4, -0.2) is 27.9 Å². The van der Waals surface area contributed by atoms with Crippen molar-refractivity contribution in [3.63, 3.8) is 0 Å². The molecule has 0 saturated heterocycles. The summed E-state index contributed by atoms with van der Waals surface area (Å²) in [7, 11) is 0. The summed E-state index contributed by atoms with van der Waals surface area (Å²) in [4.78, 5) is 19.1. The van der Waals surface area contributed by atoms with Crippen molar-refractivity contribution in [2.75, 3.05) is 6.54 Å². The van der Waals surface area contributed by atoms with Crippen LogP contribution < -0.4 is 4.74 Å². The zero-order valence-electron chi connectivity index (χ0n) is 15.5. The van der Waals surface area contributed by atoms with Gasteiger partial charge in [-0.3, -0.25) is 4.79 Å². The van der Waals surface area contributed by atoms with Crippen LogP contribution in [0.3, 0.4) is 0 Å². The highest BCUT2D eigenvalue weighted by molar-refractivity contribution is 9.10. The highest BCUT2D eigenvalue weighted by atomic mass is 79.9. The van der Waals surface area contributed by atoms with E-state index in [0.717, 1.165) is 35.0 Å². The molecule has 142 valence electrons. The number of fused-ring (bicyclic) bond motifs is 1. The largest absolute Gasteiger partial charge is 0.485 e. The van der Waals surface area contributed by atoms with Crippen LogP contribution in [-0.2, 0) is 16.8 Å². The minimum atomic E-state index is -1.01. The van der Waals surface area contributed by atoms with Gasteiger partial charge in [0.25, 0.3) is 0 Å². The molecule has 1 aliphatic carbocycles. The van der Waals surface area contributed by atoms with Gasteiger partial charge in [-0.1, -0.05) is 22.0 Å². The second-order valence-electron chi connectivity index (χ2n) is 8.02. The first-order valence-corrected chi connectivity index (χ1v) is 9.98. The number of amides is 1. The Morgan fingerprint density at radius 2 is 2.11 bits per heavy atom. The SMILES string of the molecule is CC(C)(C(=O)N1Cc2cc(Br)ccc2OC2(CCC2)C1)c1cccnc1F. The normalized spacial score (nSPS) is 18.3. The topological polar surface area (TPSA) is 42.4 Å². The summed E-state index contributed by atoms with van der Waals surface area (Å²) >= 11 is 3.50. The summed E-state index contributed by atoms with van der Waals surface area (Å²) in [5, 5.41) is 0. The average Bonchev–Trinajstić information content (AvgIpc) is 2.77. The lowest BCUT2D eigenvalue weighted by atomic mass is 9.78. The molecule has 1 fully saturated rings. The van der Waals surface area contributed by atoms with Crippen molar-refractivity contribution in [1.82, 2.24) is 9.88 Å². The van der Waals surface area contributed by atoms with Crippen LogP contribution in [0.4, 0.5) is 4.39 Å². The van der Waals surface area contributed by atoms with Gasteiger partial charge < -0.3 is 9.64 Å². The van der Waals surface area contributed by atoms with Crippen LogP contribution in [0.2, 0.25) is 0 Å². The zero-order chi connectivity index (χ0) is 19.2. The fourth-order valence-electron chi connectivity index (χ4n) is 3.98. The first kappa shape index (κ1) is 18.4. The summed E-state index contributed by atoms with van der Waals surface area (Å²) < 4.78 is 21.6.